The molecular formula is C12H15N3. The van der Waals surface area contributed by atoms with Crippen LogP contribution in [0.5, 0.6) is 0 Å². The van der Waals surface area contributed by atoms with Crippen LogP contribution in [0.2, 0.25) is 0 Å². The van der Waals surface area contributed by atoms with Gasteiger partial charge in [0, 0.05) is 13.1 Å². The highest BCUT2D eigenvalue weighted by Gasteiger charge is 2.03. The van der Waals surface area contributed by atoms with Crippen molar-refractivity contribution in [1.29, 1.82) is 0 Å². The van der Waals surface area contributed by atoms with Crippen molar-refractivity contribution < 1.29 is 0 Å². The molecule has 0 N–H and O–H groups in total. The third-order valence-corrected chi connectivity index (χ3v) is 2.31. The molecule has 15 heavy (non-hydrogen) atoms. The molecule has 1 aromatic heterocycles. The van der Waals surface area contributed by atoms with E-state index in [9.17, 15) is 0 Å². The van der Waals surface area contributed by atoms with Gasteiger partial charge in [0.05, 0.1) is 17.2 Å². The average molecular weight is 201 g/mol. The Morgan fingerprint density at radius 1 is 1.33 bits per heavy atom. The summed E-state index contributed by atoms with van der Waals surface area (Å²) in [6.07, 6.45) is 1.84. The van der Waals surface area contributed by atoms with Crippen LogP contribution < -0.4 is 0 Å². The lowest BCUT2D eigenvalue weighted by atomic mass is 10.3. The van der Waals surface area contributed by atoms with E-state index in [-0.39, 0.29) is 0 Å². The zero-order chi connectivity index (χ0) is 10.8. The van der Waals surface area contributed by atoms with Gasteiger partial charge in [0.1, 0.15) is 0 Å². The lowest BCUT2D eigenvalue weighted by molar-refractivity contribution is 0.835. The predicted molar refractivity (Wildman–Crippen MR) is 63.4 cm³/mol. The molecule has 3 nitrogen and oxygen atoms in total. The summed E-state index contributed by atoms with van der Waals surface area (Å²) < 4.78 is 2.06. The standard InChI is InChI=1S/C12H15N3/c1-9(2)13-8-12-14-10-6-4-5-7-11(10)15(12)3/h4-9H,1-3H3. The van der Waals surface area contributed by atoms with Gasteiger partial charge >= 0.3 is 0 Å². The fraction of sp³-hybridized carbons (Fsp3) is 0.333. The van der Waals surface area contributed by atoms with E-state index in [1.54, 1.807) is 0 Å². The fourth-order valence-electron chi connectivity index (χ4n) is 1.50. The zero-order valence-electron chi connectivity index (χ0n) is 9.31. The maximum Gasteiger partial charge on any atom is 0.151 e. The van der Waals surface area contributed by atoms with Crippen molar-refractivity contribution in [1.82, 2.24) is 9.55 Å². The van der Waals surface area contributed by atoms with Crippen molar-refractivity contribution in [2.75, 3.05) is 0 Å². The van der Waals surface area contributed by atoms with Crippen LogP contribution >= 0.6 is 0 Å². The first-order valence-corrected chi connectivity index (χ1v) is 5.13. The number of hydrogen-bond acceptors (Lipinski definition) is 2. The topological polar surface area (TPSA) is 30.2 Å². The Kier molecular flexibility index (Phi) is 2.54. The summed E-state index contributed by atoms with van der Waals surface area (Å²) in [7, 11) is 2.01. The van der Waals surface area contributed by atoms with E-state index >= 15 is 0 Å². The van der Waals surface area contributed by atoms with Gasteiger partial charge in [0.2, 0.25) is 0 Å². The van der Waals surface area contributed by atoms with Crippen LogP contribution in [0.15, 0.2) is 29.3 Å². The number of hydrogen-bond donors (Lipinski definition) is 0. The van der Waals surface area contributed by atoms with Crippen molar-refractivity contribution in [3.63, 3.8) is 0 Å². The molecule has 1 aromatic carbocycles. The Labute approximate surface area is 89.5 Å². The molecule has 3 heteroatoms. The SMILES string of the molecule is CC(C)N=Cc1nc2ccccc2n1C. The van der Waals surface area contributed by atoms with Crippen molar-refractivity contribution in [2.45, 2.75) is 19.9 Å². The second-order valence-corrected chi connectivity index (χ2v) is 3.89. The van der Waals surface area contributed by atoms with Gasteiger partial charge in [0.15, 0.2) is 5.82 Å². The van der Waals surface area contributed by atoms with E-state index in [1.807, 2.05) is 31.5 Å². The maximum absolute atomic E-state index is 4.50. The van der Waals surface area contributed by atoms with Gasteiger partial charge < -0.3 is 4.57 Å². The van der Waals surface area contributed by atoms with E-state index in [0.29, 0.717) is 6.04 Å². The molecule has 0 spiro atoms. The highest BCUT2D eigenvalue weighted by molar-refractivity contribution is 5.84. The summed E-state index contributed by atoms with van der Waals surface area (Å²) in [5.41, 5.74) is 2.16. The second kappa shape index (κ2) is 3.85. The van der Waals surface area contributed by atoms with Crippen LogP contribution in [0, 0.1) is 0 Å². The predicted octanol–water partition coefficient (Wildman–Crippen LogP) is 2.40. The number of aryl methyl sites for hydroxylation is 1. The largest absolute Gasteiger partial charge is 0.326 e. The Morgan fingerprint density at radius 3 is 2.73 bits per heavy atom. The number of fused-ring (bicyclic) bond motifs is 1. The van der Waals surface area contributed by atoms with E-state index in [4.69, 9.17) is 0 Å². The highest BCUT2D eigenvalue weighted by Crippen LogP contribution is 2.12. The van der Waals surface area contributed by atoms with Gasteiger partial charge in [-0.15, -0.1) is 0 Å². The molecule has 0 saturated carbocycles. The van der Waals surface area contributed by atoms with Gasteiger partial charge in [-0.1, -0.05) is 12.1 Å². The molecule has 0 atom stereocenters. The van der Waals surface area contributed by atoms with Crippen LogP contribution in [-0.2, 0) is 7.05 Å². The number of imidazole rings is 1. The highest BCUT2D eigenvalue weighted by atomic mass is 15.1. The first kappa shape index (κ1) is 9.90. The average Bonchev–Trinajstić information content (AvgIpc) is 2.54. The van der Waals surface area contributed by atoms with Gasteiger partial charge in [-0.3, -0.25) is 4.99 Å². The summed E-state index contributed by atoms with van der Waals surface area (Å²) >= 11 is 0. The Balaban J connectivity index is 2.49. The van der Waals surface area contributed by atoms with Crippen LogP contribution in [0.25, 0.3) is 11.0 Å². The molecule has 2 aromatic rings. The van der Waals surface area contributed by atoms with E-state index < -0.39 is 0 Å². The summed E-state index contributed by atoms with van der Waals surface area (Å²) in [5.74, 6) is 0.907. The Hall–Kier alpha value is -1.64. The molecule has 0 aliphatic carbocycles. The van der Waals surface area contributed by atoms with Gasteiger partial charge in [-0.25, -0.2) is 4.98 Å². The van der Waals surface area contributed by atoms with Gasteiger partial charge in [0.25, 0.3) is 0 Å². The lowest BCUT2D eigenvalue weighted by Gasteiger charge is -1.97. The molecule has 0 radical (unpaired) electrons. The molecule has 2 rings (SSSR count). The molecule has 0 bridgehead atoms. The van der Waals surface area contributed by atoms with E-state index in [0.717, 1.165) is 16.9 Å². The maximum atomic E-state index is 4.50. The minimum Gasteiger partial charge on any atom is -0.326 e. The lowest BCUT2D eigenvalue weighted by Crippen LogP contribution is -1.98. The molecule has 0 aliphatic rings. The van der Waals surface area contributed by atoms with E-state index in [2.05, 4.69) is 34.5 Å². The molecule has 0 unspecified atom stereocenters. The second-order valence-electron chi connectivity index (χ2n) is 3.89. The number of aliphatic imine (C=N–C) groups is 1. The quantitative estimate of drug-likeness (QED) is 0.686. The molecule has 78 valence electrons. The summed E-state index contributed by atoms with van der Waals surface area (Å²) in [6, 6.07) is 8.41. The molecule has 1 heterocycles. The van der Waals surface area contributed by atoms with Crippen molar-refractivity contribution in [2.24, 2.45) is 12.0 Å². The monoisotopic (exact) mass is 201 g/mol. The number of para-hydroxylation sites is 2. The van der Waals surface area contributed by atoms with Crippen LogP contribution in [-0.4, -0.2) is 21.8 Å². The van der Waals surface area contributed by atoms with Crippen molar-refractivity contribution in [3.8, 4) is 0 Å². The normalized spacial score (nSPS) is 12.0. The Bertz CT molecular complexity index is 495. The number of aromatic nitrogens is 2. The molecule has 0 fully saturated rings. The zero-order valence-corrected chi connectivity index (χ0v) is 9.31. The first-order valence-electron chi connectivity index (χ1n) is 5.13. The van der Waals surface area contributed by atoms with Crippen molar-refractivity contribution in [3.05, 3.63) is 30.1 Å². The summed E-state index contributed by atoms with van der Waals surface area (Å²) in [5, 5.41) is 0. The van der Waals surface area contributed by atoms with Gasteiger partial charge in [-0.05, 0) is 26.0 Å². The van der Waals surface area contributed by atoms with E-state index in [1.165, 1.54) is 0 Å². The van der Waals surface area contributed by atoms with Crippen LogP contribution in [0.3, 0.4) is 0 Å². The summed E-state index contributed by atoms with van der Waals surface area (Å²) in [6.45, 7) is 4.11. The molecule has 0 aliphatic heterocycles. The van der Waals surface area contributed by atoms with Crippen LogP contribution in [0.4, 0.5) is 0 Å². The third-order valence-electron chi connectivity index (χ3n) is 2.31. The minimum atomic E-state index is 0.310. The molecular weight excluding hydrogens is 186 g/mol. The first-order chi connectivity index (χ1) is 7.18. The number of rotatable bonds is 2. The minimum absolute atomic E-state index is 0.310. The van der Waals surface area contributed by atoms with Gasteiger partial charge in [-0.2, -0.15) is 0 Å². The van der Waals surface area contributed by atoms with Crippen molar-refractivity contribution >= 4 is 17.2 Å². The molecule has 0 amide bonds. The fourth-order valence-corrected chi connectivity index (χ4v) is 1.50. The third kappa shape index (κ3) is 1.91. The summed E-state index contributed by atoms with van der Waals surface area (Å²) in [4.78, 5) is 8.84. The Morgan fingerprint density at radius 2 is 2.07 bits per heavy atom. The smallest absolute Gasteiger partial charge is 0.151 e. The molecule has 0 saturated heterocycles. The number of benzene rings is 1. The number of nitrogens with zero attached hydrogens (tertiary/aromatic N) is 3. The van der Waals surface area contributed by atoms with Crippen LogP contribution in [0.1, 0.15) is 19.7 Å².